The van der Waals surface area contributed by atoms with Gasteiger partial charge < -0.3 is 10.5 Å². The largest absolute Gasteiger partial charge is 0.496 e. The standard InChI is InChI=1S/C14H22ClNO/c1-5-11(16)6-7-12-10(3)14(15)9(2)8-13(12)17-4/h8,11H,5-7,16H2,1-4H3. The molecule has 1 atom stereocenters. The summed E-state index contributed by atoms with van der Waals surface area (Å²) in [6.45, 7) is 6.15. The van der Waals surface area contributed by atoms with E-state index < -0.39 is 0 Å². The first-order valence-electron chi connectivity index (χ1n) is 6.09. The van der Waals surface area contributed by atoms with Gasteiger partial charge in [0.05, 0.1) is 7.11 Å². The summed E-state index contributed by atoms with van der Waals surface area (Å²) in [5.41, 5.74) is 9.32. The number of aryl methyl sites for hydroxylation is 1. The minimum absolute atomic E-state index is 0.249. The number of hydrogen-bond donors (Lipinski definition) is 1. The van der Waals surface area contributed by atoms with E-state index in [4.69, 9.17) is 22.1 Å². The molecule has 1 aromatic carbocycles. The fraction of sp³-hybridized carbons (Fsp3) is 0.571. The minimum atomic E-state index is 0.249. The average molecular weight is 256 g/mol. The van der Waals surface area contributed by atoms with Crippen molar-refractivity contribution in [3.05, 3.63) is 27.8 Å². The van der Waals surface area contributed by atoms with E-state index >= 15 is 0 Å². The lowest BCUT2D eigenvalue weighted by molar-refractivity contribution is 0.407. The Hall–Kier alpha value is -0.730. The summed E-state index contributed by atoms with van der Waals surface area (Å²) in [6, 6.07) is 2.25. The van der Waals surface area contributed by atoms with Crippen LogP contribution in [-0.2, 0) is 6.42 Å². The van der Waals surface area contributed by atoms with Gasteiger partial charge in [0.2, 0.25) is 0 Å². The molecule has 0 radical (unpaired) electrons. The van der Waals surface area contributed by atoms with Crippen LogP contribution in [0.15, 0.2) is 6.07 Å². The Morgan fingerprint density at radius 2 is 2.06 bits per heavy atom. The second-order valence-electron chi connectivity index (χ2n) is 4.52. The number of ether oxygens (including phenoxy) is 1. The molecule has 0 aliphatic heterocycles. The molecule has 0 aromatic heterocycles. The first-order valence-corrected chi connectivity index (χ1v) is 6.47. The average Bonchev–Trinajstić information content (AvgIpc) is 2.33. The van der Waals surface area contributed by atoms with Gasteiger partial charge in [-0.05, 0) is 55.9 Å². The summed E-state index contributed by atoms with van der Waals surface area (Å²) in [4.78, 5) is 0. The maximum atomic E-state index is 6.27. The summed E-state index contributed by atoms with van der Waals surface area (Å²) in [6.07, 6.45) is 2.89. The molecule has 96 valence electrons. The lowest BCUT2D eigenvalue weighted by atomic mass is 9.97. The van der Waals surface area contributed by atoms with Crippen LogP contribution >= 0.6 is 11.6 Å². The van der Waals surface area contributed by atoms with Gasteiger partial charge in [-0.1, -0.05) is 18.5 Å². The number of hydrogen-bond acceptors (Lipinski definition) is 2. The van der Waals surface area contributed by atoms with Gasteiger partial charge in [0.1, 0.15) is 5.75 Å². The molecule has 0 heterocycles. The van der Waals surface area contributed by atoms with Crippen molar-refractivity contribution in [2.75, 3.05) is 7.11 Å². The quantitative estimate of drug-likeness (QED) is 0.872. The molecular formula is C14H22ClNO. The Balaban J connectivity index is 3.00. The van der Waals surface area contributed by atoms with Gasteiger partial charge in [-0.15, -0.1) is 0 Å². The smallest absolute Gasteiger partial charge is 0.122 e. The third-order valence-corrected chi connectivity index (χ3v) is 3.86. The van der Waals surface area contributed by atoms with Crippen molar-refractivity contribution in [2.24, 2.45) is 5.73 Å². The van der Waals surface area contributed by atoms with Gasteiger partial charge in [-0.2, -0.15) is 0 Å². The van der Waals surface area contributed by atoms with Crippen LogP contribution in [0.25, 0.3) is 0 Å². The molecule has 0 aliphatic rings. The summed E-state index contributed by atoms with van der Waals surface area (Å²) >= 11 is 6.27. The van der Waals surface area contributed by atoms with Crippen LogP contribution < -0.4 is 10.5 Å². The highest BCUT2D eigenvalue weighted by atomic mass is 35.5. The maximum Gasteiger partial charge on any atom is 0.122 e. The number of methoxy groups -OCH3 is 1. The zero-order chi connectivity index (χ0) is 13.0. The van der Waals surface area contributed by atoms with Gasteiger partial charge in [0.25, 0.3) is 0 Å². The summed E-state index contributed by atoms with van der Waals surface area (Å²) in [5.74, 6) is 0.924. The topological polar surface area (TPSA) is 35.2 Å². The van der Waals surface area contributed by atoms with E-state index in [1.807, 2.05) is 19.9 Å². The number of halogens is 1. The molecule has 0 amide bonds. The van der Waals surface area contributed by atoms with Crippen molar-refractivity contribution in [2.45, 2.75) is 46.1 Å². The molecule has 0 saturated heterocycles. The predicted molar refractivity (Wildman–Crippen MR) is 74.1 cm³/mol. The van der Waals surface area contributed by atoms with Gasteiger partial charge in [-0.25, -0.2) is 0 Å². The molecule has 0 bridgehead atoms. The number of benzene rings is 1. The van der Waals surface area contributed by atoms with Crippen molar-refractivity contribution in [3.63, 3.8) is 0 Å². The highest BCUT2D eigenvalue weighted by Gasteiger charge is 2.13. The van der Waals surface area contributed by atoms with Crippen molar-refractivity contribution < 1.29 is 4.74 Å². The lowest BCUT2D eigenvalue weighted by Gasteiger charge is -2.16. The molecule has 17 heavy (non-hydrogen) atoms. The van der Waals surface area contributed by atoms with Crippen LogP contribution in [0.1, 0.15) is 36.5 Å². The Morgan fingerprint density at radius 3 is 2.59 bits per heavy atom. The second-order valence-corrected chi connectivity index (χ2v) is 4.90. The molecule has 1 rings (SSSR count). The Morgan fingerprint density at radius 1 is 1.41 bits per heavy atom. The fourth-order valence-corrected chi connectivity index (χ4v) is 2.16. The summed E-state index contributed by atoms with van der Waals surface area (Å²) in [7, 11) is 1.70. The molecule has 1 unspecified atom stereocenters. The molecular weight excluding hydrogens is 234 g/mol. The fourth-order valence-electron chi connectivity index (χ4n) is 1.99. The van der Waals surface area contributed by atoms with Gasteiger partial charge >= 0.3 is 0 Å². The predicted octanol–water partition coefficient (Wildman–Crippen LogP) is 3.64. The maximum absolute atomic E-state index is 6.27. The monoisotopic (exact) mass is 255 g/mol. The molecule has 3 heteroatoms. The van der Waals surface area contributed by atoms with Gasteiger partial charge in [-0.3, -0.25) is 0 Å². The van der Waals surface area contributed by atoms with Crippen LogP contribution in [0.3, 0.4) is 0 Å². The first-order chi connectivity index (χ1) is 8.01. The van der Waals surface area contributed by atoms with Gasteiger partial charge in [0.15, 0.2) is 0 Å². The van der Waals surface area contributed by atoms with E-state index in [9.17, 15) is 0 Å². The highest BCUT2D eigenvalue weighted by Crippen LogP contribution is 2.32. The van der Waals surface area contributed by atoms with E-state index in [-0.39, 0.29) is 6.04 Å². The van der Waals surface area contributed by atoms with Crippen LogP contribution in [0.2, 0.25) is 5.02 Å². The van der Waals surface area contributed by atoms with Crippen LogP contribution in [0.5, 0.6) is 5.75 Å². The van der Waals surface area contributed by atoms with Crippen LogP contribution in [0, 0.1) is 13.8 Å². The van der Waals surface area contributed by atoms with Gasteiger partial charge in [0, 0.05) is 11.1 Å². The normalized spacial score (nSPS) is 12.6. The van der Waals surface area contributed by atoms with Crippen molar-refractivity contribution in [1.82, 2.24) is 0 Å². The molecule has 0 spiro atoms. The molecule has 0 aliphatic carbocycles. The second kappa shape index (κ2) is 6.27. The SMILES string of the molecule is CCC(N)CCc1c(OC)cc(C)c(Cl)c1C. The Bertz CT molecular complexity index is 390. The molecule has 0 fully saturated rings. The first kappa shape index (κ1) is 14.3. The highest BCUT2D eigenvalue weighted by molar-refractivity contribution is 6.32. The third-order valence-electron chi connectivity index (χ3n) is 3.28. The molecule has 0 saturated carbocycles. The summed E-state index contributed by atoms with van der Waals surface area (Å²) in [5, 5.41) is 0.839. The van der Waals surface area contributed by atoms with Crippen LogP contribution in [-0.4, -0.2) is 13.2 Å². The van der Waals surface area contributed by atoms with E-state index in [0.29, 0.717) is 0 Å². The molecule has 2 N–H and O–H groups in total. The Labute approximate surface area is 109 Å². The van der Waals surface area contributed by atoms with Crippen LogP contribution in [0.4, 0.5) is 0 Å². The number of rotatable bonds is 5. The van der Waals surface area contributed by atoms with E-state index in [0.717, 1.165) is 41.2 Å². The van der Waals surface area contributed by atoms with E-state index in [2.05, 4.69) is 6.92 Å². The van der Waals surface area contributed by atoms with Crippen molar-refractivity contribution in [3.8, 4) is 5.75 Å². The van der Waals surface area contributed by atoms with Crippen molar-refractivity contribution in [1.29, 1.82) is 0 Å². The summed E-state index contributed by atoms with van der Waals surface area (Å²) < 4.78 is 5.43. The Kier molecular flexibility index (Phi) is 5.29. The molecule has 2 nitrogen and oxygen atoms in total. The minimum Gasteiger partial charge on any atom is -0.496 e. The van der Waals surface area contributed by atoms with E-state index in [1.54, 1.807) is 7.11 Å². The lowest BCUT2D eigenvalue weighted by Crippen LogP contribution is -2.19. The van der Waals surface area contributed by atoms with E-state index in [1.165, 1.54) is 5.56 Å². The third kappa shape index (κ3) is 3.36. The molecule has 1 aromatic rings. The zero-order valence-electron chi connectivity index (χ0n) is 11.1. The van der Waals surface area contributed by atoms with Crippen molar-refractivity contribution >= 4 is 11.6 Å². The number of nitrogens with two attached hydrogens (primary N) is 1. The zero-order valence-corrected chi connectivity index (χ0v) is 11.9.